The Morgan fingerprint density at radius 2 is 1.80 bits per heavy atom. The molecule has 0 saturated carbocycles. The molecule has 134 valence electrons. The topological polar surface area (TPSA) is 49.9 Å². The van der Waals surface area contributed by atoms with E-state index in [1.165, 1.54) is 7.11 Å². The van der Waals surface area contributed by atoms with Crippen LogP contribution in [0.4, 0.5) is 0 Å². The first-order valence-electron chi connectivity index (χ1n) is 8.33. The molecule has 1 fully saturated rings. The Kier molecular flexibility index (Phi) is 5.13. The van der Waals surface area contributed by atoms with Gasteiger partial charge in [-0.05, 0) is 37.2 Å². The van der Waals surface area contributed by atoms with E-state index in [1.54, 1.807) is 16.4 Å². The van der Waals surface area contributed by atoms with Crippen LogP contribution in [0.1, 0.15) is 17.2 Å². The van der Waals surface area contributed by atoms with Crippen molar-refractivity contribution in [3.63, 3.8) is 0 Å². The Balaban J connectivity index is 2.07. The third-order valence-electron chi connectivity index (χ3n) is 4.62. The summed E-state index contributed by atoms with van der Waals surface area (Å²) < 4.78 is 33.8. The highest BCUT2D eigenvalue weighted by Crippen LogP contribution is 2.34. The number of hydrogen-bond acceptors (Lipinski definition) is 4. The maximum atomic E-state index is 13.4. The molecule has 2 aromatic carbocycles. The summed E-state index contributed by atoms with van der Waals surface area (Å²) in [5.41, 5.74) is 1.90. The summed E-state index contributed by atoms with van der Waals surface area (Å²) in [5.74, 6) is 0.385. The van der Waals surface area contributed by atoms with Crippen molar-refractivity contribution in [3.8, 4) is 5.75 Å². The Morgan fingerprint density at radius 1 is 1.08 bits per heavy atom. The Labute approximate surface area is 149 Å². The van der Waals surface area contributed by atoms with Gasteiger partial charge in [0.2, 0.25) is 10.0 Å². The van der Waals surface area contributed by atoms with Crippen LogP contribution in [0.25, 0.3) is 0 Å². The maximum Gasteiger partial charge on any atom is 0.247 e. The molecule has 1 aliphatic heterocycles. The van der Waals surface area contributed by atoms with Crippen LogP contribution in [0.5, 0.6) is 5.75 Å². The second-order valence-electron chi connectivity index (χ2n) is 6.46. The van der Waals surface area contributed by atoms with E-state index >= 15 is 0 Å². The Morgan fingerprint density at radius 3 is 2.48 bits per heavy atom. The van der Waals surface area contributed by atoms with E-state index in [2.05, 4.69) is 4.90 Å². The molecule has 0 N–H and O–H groups in total. The van der Waals surface area contributed by atoms with Gasteiger partial charge in [0.25, 0.3) is 0 Å². The van der Waals surface area contributed by atoms with Crippen LogP contribution < -0.4 is 4.74 Å². The number of benzene rings is 2. The van der Waals surface area contributed by atoms with Gasteiger partial charge in [0.05, 0.1) is 13.2 Å². The quantitative estimate of drug-likeness (QED) is 0.841. The molecular formula is C19H24N2O3S. The van der Waals surface area contributed by atoms with Crippen LogP contribution in [0, 0.1) is 6.92 Å². The average Bonchev–Trinajstić information content (AvgIpc) is 2.62. The number of nitrogens with zero attached hydrogens (tertiary/aromatic N) is 2. The summed E-state index contributed by atoms with van der Waals surface area (Å²) in [6, 6.07) is 14.9. The SMILES string of the molecule is COc1ccc(C)cc1S(=O)(=O)N1CCN(C)C[C@H]1c1ccccc1. The normalized spacial score (nSPS) is 19.7. The van der Waals surface area contributed by atoms with E-state index in [4.69, 9.17) is 4.74 Å². The second-order valence-corrected chi connectivity index (χ2v) is 8.32. The minimum absolute atomic E-state index is 0.213. The van der Waals surface area contributed by atoms with Crippen molar-refractivity contribution in [2.24, 2.45) is 0 Å². The smallest absolute Gasteiger partial charge is 0.247 e. The fourth-order valence-electron chi connectivity index (χ4n) is 3.25. The highest BCUT2D eigenvalue weighted by molar-refractivity contribution is 7.89. The molecule has 1 heterocycles. The van der Waals surface area contributed by atoms with Crippen LogP contribution >= 0.6 is 0 Å². The van der Waals surface area contributed by atoms with E-state index in [9.17, 15) is 8.42 Å². The molecule has 0 spiro atoms. The molecule has 1 saturated heterocycles. The van der Waals surface area contributed by atoms with Crippen molar-refractivity contribution in [3.05, 3.63) is 59.7 Å². The van der Waals surface area contributed by atoms with Crippen molar-refractivity contribution >= 4 is 10.0 Å². The van der Waals surface area contributed by atoms with E-state index in [0.717, 1.165) is 11.1 Å². The lowest BCUT2D eigenvalue weighted by Crippen LogP contribution is -2.49. The zero-order valence-corrected chi connectivity index (χ0v) is 15.7. The van der Waals surface area contributed by atoms with Gasteiger partial charge in [-0.1, -0.05) is 36.4 Å². The number of aryl methyl sites for hydroxylation is 1. The molecule has 1 atom stereocenters. The summed E-state index contributed by atoms with van der Waals surface area (Å²) >= 11 is 0. The number of likely N-dealkylation sites (N-methyl/N-ethyl adjacent to an activating group) is 1. The van der Waals surface area contributed by atoms with Crippen LogP contribution in [0.2, 0.25) is 0 Å². The van der Waals surface area contributed by atoms with E-state index in [1.807, 2.05) is 50.4 Å². The lowest BCUT2D eigenvalue weighted by molar-refractivity contribution is 0.160. The van der Waals surface area contributed by atoms with Gasteiger partial charge in [-0.15, -0.1) is 0 Å². The van der Waals surface area contributed by atoms with Crippen molar-refractivity contribution in [1.29, 1.82) is 0 Å². The first kappa shape index (κ1) is 17.9. The molecular weight excluding hydrogens is 336 g/mol. The number of ether oxygens (including phenoxy) is 1. The summed E-state index contributed by atoms with van der Waals surface area (Å²) in [4.78, 5) is 2.40. The van der Waals surface area contributed by atoms with Gasteiger partial charge in [-0.3, -0.25) is 0 Å². The van der Waals surface area contributed by atoms with Crippen molar-refractivity contribution < 1.29 is 13.2 Å². The van der Waals surface area contributed by atoms with Gasteiger partial charge in [-0.2, -0.15) is 4.31 Å². The fourth-order valence-corrected chi connectivity index (χ4v) is 5.09. The molecule has 0 aliphatic carbocycles. The molecule has 0 aromatic heterocycles. The van der Waals surface area contributed by atoms with E-state index < -0.39 is 10.0 Å². The third-order valence-corrected chi connectivity index (χ3v) is 6.55. The zero-order valence-electron chi connectivity index (χ0n) is 14.8. The molecule has 0 unspecified atom stereocenters. The summed E-state index contributed by atoms with van der Waals surface area (Å²) in [5, 5.41) is 0. The Hall–Kier alpha value is -1.89. The second kappa shape index (κ2) is 7.15. The average molecular weight is 360 g/mol. The van der Waals surface area contributed by atoms with Crippen molar-refractivity contribution in [1.82, 2.24) is 9.21 Å². The first-order chi connectivity index (χ1) is 11.9. The number of methoxy groups -OCH3 is 1. The lowest BCUT2D eigenvalue weighted by Gasteiger charge is -2.39. The zero-order chi connectivity index (χ0) is 18.0. The standard InChI is InChI=1S/C19H24N2O3S/c1-15-9-10-18(24-3)19(13-15)25(22,23)21-12-11-20(2)14-17(21)16-7-5-4-6-8-16/h4-10,13,17H,11-12,14H2,1-3H3/t17-/m0/s1. The number of sulfonamides is 1. The minimum Gasteiger partial charge on any atom is -0.495 e. The van der Waals surface area contributed by atoms with Crippen molar-refractivity contribution in [2.45, 2.75) is 17.9 Å². The lowest BCUT2D eigenvalue weighted by atomic mass is 10.1. The molecule has 25 heavy (non-hydrogen) atoms. The van der Waals surface area contributed by atoms with Crippen LogP contribution in [-0.2, 0) is 10.0 Å². The van der Waals surface area contributed by atoms with Crippen molar-refractivity contribution in [2.75, 3.05) is 33.8 Å². The van der Waals surface area contributed by atoms with Crippen LogP contribution in [-0.4, -0.2) is 51.4 Å². The van der Waals surface area contributed by atoms with E-state index in [-0.39, 0.29) is 10.9 Å². The highest BCUT2D eigenvalue weighted by Gasteiger charge is 2.37. The Bertz CT molecular complexity index is 837. The largest absolute Gasteiger partial charge is 0.495 e. The molecule has 0 radical (unpaired) electrons. The molecule has 3 rings (SSSR count). The van der Waals surface area contributed by atoms with Gasteiger partial charge >= 0.3 is 0 Å². The third kappa shape index (κ3) is 3.56. The fraction of sp³-hybridized carbons (Fsp3) is 0.368. The van der Waals surface area contributed by atoms with E-state index in [0.29, 0.717) is 25.4 Å². The number of rotatable bonds is 4. The predicted molar refractivity (Wildman–Crippen MR) is 98.3 cm³/mol. The molecule has 0 bridgehead atoms. The van der Waals surface area contributed by atoms with Gasteiger partial charge < -0.3 is 9.64 Å². The molecule has 5 nitrogen and oxygen atoms in total. The summed E-state index contributed by atoms with van der Waals surface area (Å²) in [7, 11) is -0.143. The van der Waals surface area contributed by atoms with Gasteiger partial charge in [0.1, 0.15) is 10.6 Å². The van der Waals surface area contributed by atoms with Gasteiger partial charge in [-0.25, -0.2) is 8.42 Å². The van der Waals surface area contributed by atoms with Gasteiger partial charge in [0, 0.05) is 19.6 Å². The molecule has 0 amide bonds. The van der Waals surface area contributed by atoms with Crippen LogP contribution in [0.15, 0.2) is 53.4 Å². The number of piperazine rings is 1. The van der Waals surface area contributed by atoms with Crippen LogP contribution in [0.3, 0.4) is 0 Å². The predicted octanol–water partition coefficient (Wildman–Crippen LogP) is 2.68. The molecule has 6 heteroatoms. The maximum absolute atomic E-state index is 13.4. The minimum atomic E-state index is -3.67. The number of hydrogen-bond donors (Lipinski definition) is 0. The molecule has 1 aliphatic rings. The molecule has 2 aromatic rings. The highest BCUT2D eigenvalue weighted by atomic mass is 32.2. The summed E-state index contributed by atoms with van der Waals surface area (Å²) in [6.45, 7) is 3.71. The first-order valence-corrected chi connectivity index (χ1v) is 9.77. The van der Waals surface area contributed by atoms with Gasteiger partial charge in [0.15, 0.2) is 0 Å². The summed E-state index contributed by atoms with van der Waals surface area (Å²) in [6.07, 6.45) is 0. The monoisotopic (exact) mass is 360 g/mol.